The number of carbonyl (C=O) groups excluding carboxylic acids is 1. The van der Waals surface area contributed by atoms with Gasteiger partial charge in [0.25, 0.3) is 5.91 Å². The summed E-state index contributed by atoms with van der Waals surface area (Å²) in [6.45, 7) is 3.22. The fraction of sp³-hybridized carbons (Fsp3) is 0.500. The third-order valence-corrected chi connectivity index (χ3v) is 4.60. The maximum atomic E-state index is 12.6. The van der Waals surface area contributed by atoms with Gasteiger partial charge in [-0.25, -0.2) is 4.79 Å². The summed E-state index contributed by atoms with van der Waals surface area (Å²) < 4.78 is 0. The van der Waals surface area contributed by atoms with Crippen molar-refractivity contribution in [3.05, 3.63) is 34.9 Å². The van der Waals surface area contributed by atoms with E-state index in [1.54, 1.807) is 13.0 Å². The molecule has 0 bridgehead atoms. The number of hydrogen-bond acceptors (Lipinski definition) is 3. The predicted molar refractivity (Wildman–Crippen MR) is 78.1 cm³/mol. The van der Waals surface area contributed by atoms with Crippen LogP contribution in [0.3, 0.4) is 0 Å². The van der Waals surface area contributed by atoms with Crippen LogP contribution in [-0.4, -0.2) is 29.1 Å². The van der Waals surface area contributed by atoms with E-state index in [-0.39, 0.29) is 11.8 Å². The Balaban J connectivity index is 1.87. The quantitative estimate of drug-likeness (QED) is 0.780. The van der Waals surface area contributed by atoms with Crippen molar-refractivity contribution < 1.29 is 14.7 Å². The number of aliphatic carboxylic acids is 1. The monoisotopic (exact) mass is 288 g/mol. The van der Waals surface area contributed by atoms with Gasteiger partial charge in [0.1, 0.15) is 5.54 Å². The van der Waals surface area contributed by atoms with Gasteiger partial charge in [-0.3, -0.25) is 4.79 Å². The summed E-state index contributed by atoms with van der Waals surface area (Å²) in [5.41, 5.74) is 1.61. The third kappa shape index (κ3) is 2.53. The maximum absolute atomic E-state index is 12.6. The van der Waals surface area contributed by atoms with Crippen molar-refractivity contribution in [3.63, 3.8) is 0 Å². The Kier molecular flexibility index (Phi) is 3.45. The normalized spacial score (nSPS) is 20.2. The second-order valence-electron chi connectivity index (χ2n) is 6.11. The van der Waals surface area contributed by atoms with E-state index in [4.69, 9.17) is 0 Å². The molecule has 5 heteroatoms. The van der Waals surface area contributed by atoms with Crippen LogP contribution in [0.5, 0.6) is 0 Å². The van der Waals surface area contributed by atoms with E-state index in [0.717, 1.165) is 43.5 Å². The van der Waals surface area contributed by atoms with Gasteiger partial charge in [0.2, 0.25) is 0 Å². The molecule has 0 aromatic heterocycles. The van der Waals surface area contributed by atoms with Crippen LogP contribution in [0.1, 0.15) is 41.3 Å². The smallest absolute Gasteiger partial charge is 0.329 e. The summed E-state index contributed by atoms with van der Waals surface area (Å²) in [5.74, 6) is -1.18. The summed E-state index contributed by atoms with van der Waals surface area (Å²) in [6.07, 6.45) is 2.52. The van der Waals surface area contributed by atoms with Crippen LogP contribution in [0.2, 0.25) is 0 Å². The summed E-state index contributed by atoms with van der Waals surface area (Å²) in [5, 5.41) is 15.5. The van der Waals surface area contributed by atoms with E-state index >= 15 is 0 Å². The molecule has 21 heavy (non-hydrogen) atoms. The predicted octanol–water partition coefficient (Wildman–Crippen LogP) is 1.32. The molecule has 3 N–H and O–H groups in total. The molecular weight excluding hydrogens is 268 g/mol. The average Bonchev–Trinajstić information content (AvgIpc) is 3.31. The molecule has 3 rings (SSSR count). The topological polar surface area (TPSA) is 78.4 Å². The number of carboxylic acids is 1. The van der Waals surface area contributed by atoms with Crippen molar-refractivity contribution in [1.29, 1.82) is 0 Å². The van der Waals surface area contributed by atoms with E-state index in [2.05, 4.69) is 10.6 Å². The lowest BCUT2D eigenvalue weighted by molar-refractivity contribution is -0.144. The van der Waals surface area contributed by atoms with E-state index in [1.165, 1.54) is 0 Å². The molecule has 0 saturated heterocycles. The largest absolute Gasteiger partial charge is 0.480 e. The van der Waals surface area contributed by atoms with Crippen molar-refractivity contribution >= 4 is 11.9 Å². The number of amides is 1. The Hall–Kier alpha value is -1.88. The lowest BCUT2D eigenvalue weighted by Gasteiger charge is -2.27. The van der Waals surface area contributed by atoms with E-state index in [9.17, 15) is 14.7 Å². The Morgan fingerprint density at radius 1 is 1.38 bits per heavy atom. The summed E-state index contributed by atoms with van der Waals surface area (Å²) in [4.78, 5) is 24.1. The van der Waals surface area contributed by atoms with Gasteiger partial charge in [-0.05, 0) is 55.8 Å². The molecular formula is C16H20N2O3. The van der Waals surface area contributed by atoms with Gasteiger partial charge in [-0.15, -0.1) is 0 Å². The molecule has 0 spiro atoms. The molecule has 1 aromatic rings. The lowest BCUT2D eigenvalue weighted by atomic mass is 9.92. The van der Waals surface area contributed by atoms with Gasteiger partial charge < -0.3 is 15.7 Å². The Labute approximate surface area is 123 Å². The van der Waals surface area contributed by atoms with Crippen molar-refractivity contribution in [1.82, 2.24) is 10.6 Å². The van der Waals surface area contributed by atoms with E-state index in [0.29, 0.717) is 5.56 Å². The molecule has 1 unspecified atom stereocenters. The molecule has 5 nitrogen and oxygen atoms in total. The highest BCUT2D eigenvalue weighted by Crippen LogP contribution is 2.40. The minimum Gasteiger partial charge on any atom is -0.480 e. The number of rotatable bonds is 4. The number of carboxylic acid groups (broad SMARTS) is 1. The zero-order valence-electron chi connectivity index (χ0n) is 12.1. The van der Waals surface area contributed by atoms with Crippen LogP contribution in [-0.2, 0) is 17.8 Å². The number of carbonyl (C=O) groups is 2. The second-order valence-corrected chi connectivity index (χ2v) is 6.11. The van der Waals surface area contributed by atoms with Crippen LogP contribution in [0.4, 0.5) is 0 Å². The van der Waals surface area contributed by atoms with Crippen LogP contribution < -0.4 is 10.6 Å². The first-order valence-electron chi connectivity index (χ1n) is 7.40. The first-order chi connectivity index (χ1) is 10.0. The first-order valence-corrected chi connectivity index (χ1v) is 7.40. The molecule has 2 aliphatic rings. The minimum atomic E-state index is -1.16. The van der Waals surface area contributed by atoms with Crippen LogP contribution >= 0.6 is 0 Å². The number of nitrogens with one attached hydrogen (secondary N) is 2. The lowest BCUT2D eigenvalue weighted by Crippen LogP contribution is -2.54. The molecule has 1 aliphatic heterocycles. The fourth-order valence-corrected chi connectivity index (χ4v) is 3.04. The fourth-order valence-electron chi connectivity index (χ4n) is 3.04. The molecule has 0 radical (unpaired) electrons. The zero-order chi connectivity index (χ0) is 15.0. The SMILES string of the molecule is CC(NC(=O)c1cccc2c1CCNC2)(C(=O)O)C1CC1. The van der Waals surface area contributed by atoms with Crippen molar-refractivity contribution in [2.45, 2.75) is 38.3 Å². The maximum Gasteiger partial charge on any atom is 0.329 e. The highest BCUT2D eigenvalue weighted by atomic mass is 16.4. The van der Waals surface area contributed by atoms with Gasteiger partial charge in [-0.1, -0.05) is 12.1 Å². The van der Waals surface area contributed by atoms with E-state index in [1.807, 2.05) is 12.1 Å². The minimum absolute atomic E-state index is 0.0418. The van der Waals surface area contributed by atoms with Crippen LogP contribution in [0.25, 0.3) is 0 Å². The standard InChI is InChI=1S/C16H20N2O3/c1-16(15(20)21,11-5-6-11)18-14(19)13-4-2-3-10-9-17-8-7-12(10)13/h2-4,11,17H,5-9H2,1H3,(H,18,19)(H,20,21). The van der Waals surface area contributed by atoms with Crippen LogP contribution in [0.15, 0.2) is 18.2 Å². The molecule has 1 fully saturated rings. The first kappa shape index (κ1) is 14.1. The number of hydrogen-bond donors (Lipinski definition) is 3. The molecule has 1 saturated carbocycles. The van der Waals surface area contributed by atoms with Gasteiger partial charge in [0.15, 0.2) is 0 Å². The number of benzene rings is 1. The zero-order valence-corrected chi connectivity index (χ0v) is 12.1. The van der Waals surface area contributed by atoms with Crippen LogP contribution in [0, 0.1) is 5.92 Å². The van der Waals surface area contributed by atoms with Crippen molar-refractivity contribution in [2.75, 3.05) is 6.54 Å². The Morgan fingerprint density at radius 2 is 2.14 bits per heavy atom. The summed E-state index contributed by atoms with van der Waals surface area (Å²) in [6, 6.07) is 5.65. The average molecular weight is 288 g/mol. The van der Waals surface area contributed by atoms with Crippen molar-refractivity contribution in [3.8, 4) is 0 Å². The highest BCUT2D eigenvalue weighted by molar-refractivity contribution is 5.99. The molecule has 1 aromatic carbocycles. The second kappa shape index (κ2) is 5.15. The third-order valence-electron chi connectivity index (χ3n) is 4.60. The Bertz CT molecular complexity index is 595. The molecule has 112 valence electrons. The van der Waals surface area contributed by atoms with Gasteiger partial charge in [0, 0.05) is 12.1 Å². The van der Waals surface area contributed by atoms with Crippen molar-refractivity contribution in [2.24, 2.45) is 5.92 Å². The van der Waals surface area contributed by atoms with Gasteiger partial charge in [-0.2, -0.15) is 0 Å². The molecule has 1 atom stereocenters. The molecule has 1 heterocycles. The molecule has 1 aliphatic carbocycles. The van der Waals surface area contributed by atoms with Gasteiger partial charge in [0.05, 0.1) is 0 Å². The number of fused-ring (bicyclic) bond motifs is 1. The van der Waals surface area contributed by atoms with Gasteiger partial charge >= 0.3 is 5.97 Å². The summed E-state index contributed by atoms with van der Waals surface area (Å²) >= 11 is 0. The highest BCUT2D eigenvalue weighted by Gasteiger charge is 2.48. The van der Waals surface area contributed by atoms with E-state index < -0.39 is 11.5 Å². The Morgan fingerprint density at radius 3 is 2.81 bits per heavy atom. The molecule has 1 amide bonds. The summed E-state index contributed by atoms with van der Waals surface area (Å²) in [7, 11) is 0.